The van der Waals surface area contributed by atoms with E-state index in [1.165, 1.54) is 6.07 Å². The second-order valence-corrected chi connectivity index (χ2v) is 5.37. The number of hydrogen-bond acceptors (Lipinski definition) is 3. The molecule has 0 bridgehead atoms. The number of rotatable bonds is 6. The predicted octanol–water partition coefficient (Wildman–Crippen LogP) is 4.35. The monoisotopic (exact) mass is 323 g/mol. The molecule has 2 aromatic carbocycles. The van der Waals surface area contributed by atoms with Crippen LogP contribution in [0.25, 0.3) is 0 Å². The van der Waals surface area contributed by atoms with E-state index in [9.17, 15) is 4.39 Å². The summed E-state index contributed by atoms with van der Waals surface area (Å²) in [6.45, 7) is 2.64. The highest BCUT2D eigenvalue weighted by Crippen LogP contribution is 2.30. The van der Waals surface area contributed by atoms with Crippen LogP contribution in [-0.2, 0) is 6.54 Å². The summed E-state index contributed by atoms with van der Waals surface area (Å²) in [7, 11) is 3.22. The fraction of sp³-hybridized carbons (Fsp3) is 0.294. The van der Waals surface area contributed by atoms with Crippen LogP contribution in [0.3, 0.4) is 0 Å². The standard InChI is InChI=1S/C17H19ClFNO2/c1-11(13-5-7-16(21-2)17(9-13)22-3)20-10-12-4-6-15(19)14(18)8-12/h4-9,11,20H,10H2,1-3H3. The SMILES string of the molecule is COc1ccc(C(C)NCc2ccc(F)c(Cl)c2)cc1OC. The first-order valence-corrected chi connectivity index (χ1v) is 7.32. The maximum absolute atomic E-state index is 13.1. The van der Waals surface area contributed by atoms with Crippen LogP contribution in [0.15, 0.2) is 36.4 Å². The molecule has 0 aromatic heterocycles. The molecule has 1 N–H and O–H groups in total. The van der Waals surface area contributed by atoms with Gasteiger partial charge in [-0.15, -0.1) is 0 Å². The van der Waals surface area contributed by atoms with Gasteiger partial charge in [0.1, 0.15) is 5.82 Å². The van der Waals surface area contributed by atoms with E-state index in [0.717, 1.165) is 11.1 Å². The Morgan fingerprint density at radius 1 is 1.09 bits per heavy atom. The van der Waals surface area contributed by atoms with E-state index in [2.05, 4.69) is 5.32 Å². The lowest BCUT2D eigenvalue weighted by Gasteiger charge is -2.16. The zero-order chi connectivity index (χ0) is 16.1. The molecule has 0 aliphatic rings. The fourth-order valence-corrected chi connectivity index (χ4v) is 2.36. The van der Waals surface area contributed by atoms with E-state index in [-0.39, 0.29) is 11.1 Å². The van der Waals surface area contributed by atoms with Crippen LogP contribution >= 0.6 is 11.6 Å². The Morgan fingerprint density at radius 3 is 2.45 bits per heavy atom. The molecule has 22 heavy (non-hydrogen) atoms. The van der Waals surface area contributed by atoms with Crippen molar-refractivity contribution >= 4 is 11.6 Å². The number of hydrogen-bond donors (Lipinski definition) is 1. The molecule has 0 heterocycles. The Hall–Kier alpha value is -1.78. The molecular weight excluding hydrogens is 305 g/mol. The van der Waals surface area contributed by atoms with Gasteiger partial charge in [0.2, 0.25) is 0 Å². The highest BCUT2D eigenvalue weighted by Gasteiger charge is 2.10. The molecule has 5 heteroatoms. The van der Waals surface area contributed by atoms with Gasteiger partial charge in [0.05, 0.1) is 19.2 Å². The molecule has 0 spiro atoms. The lowest BCUT2D eigenvalue weighted by Crippen LogP contribution is -2.18. The van der Waals surface area contributed by atoms with Crippen molar-refractivity contribution in [2.75, 3.05) is 14.2 Å². The van der Waals surface area contributed by atoms with Gasteiger partial charge in [-0.2, -0.15) is 0 Å². The van der Waals surface area contributed by atoms with Crippen LogP contribution in [0.5, 0.6) is 11.5 Å². The van der Waals surface area contributed by atoms with Crippen molar-refractivity contribution in [2.24, 2.45) is 0 Å². The highest BCUT2D eigenvalue weighted by molar-refractivity contribution is 6.30. The lowest BCUT2D eigenvalue weighted by atomic mass is 10.1. The van der Waals surface area contributed by atoms with Gasteiger partial charge in [-0.25, -0.2) is 4.39 Å². The first-order chi connectivity index (χ1) is 10.5. The Morgan fingerprint density at radius 2 is 1.82 bits per heavy atom. The van der Waals surface area contributed by atoms with E-state index in [1.807, 2.05) is 25.1 Å². The summed E-state index contributed by atoms with van der Waals surface area (Å²) in [4.78, 5) is 0. The van der Waals surface area contributed by atoms with E-state index in [0.29, 0.717) is 18.0 Å². The molecule has 1 unspecified atom stereocenters. The summed E-state index contributed by atoms with van der Waals surface area (Å²) in [5.74, 6) is 0.987. The molecule has 0 saturated carbocycles. The topological polar surface area (TPSA) is 30.5 Å². The van der Waals surface area contributed by atoms with Crippen LogP contribution in [0.2, 0.25) is 5.02 Å². The van der Waals surface area contributed by atoms with Gasteiger partial charge < -0.3 is 14.8 Å². The van der Waals surface area contributed by atoms with Crippen molar-refractivity contribution in [3.05, 3.63) is 58.4 Å². The zero-order valence-corrected chi connectivity index (χ0v) is 13.6. The van der Waals surface area contributed by atoms with Gasteiger partial charge in [0, 0.05) is 12.6 Å². The van der Waals surface area contributed by atoms with E-state index >= 15 is 0 Å². The van der Waals surface area contributed by atoms with Gasteiger partial charge in [-0.05, 0) is 42.3 Å². The third-order valence-corrected chi connectivity index (χ3v) is 3.79. The third kappa shape index (κ3) is 3.90. The lowest BCUT2D eigenvalue weighted by molar-refractivity contribution is 0.354. The molecule has 3 nitrogen and oxygen atoms in total. The summed E-state index contributed by atoms with van der Waals surface area (Å²) in [6, 6.07) is 10.6. The zero-order valence-electron chi connectivity index (χ0n) is 12.8. The largest absolute Gasteiger partial charge is 0.493 e. The van der Waals surface area contributed by atoms with Crippen molar-refractivity contribution in [3.8, 4) is 11.5 Å². The second kappa shape index (κ2) is 7.47. The molecule has 2 aromatic rings. The van der Waals surface area contributed by atoms with Crippen molar-refractivity contribution in [1.82, 2.24) is 5.32 Å². The molecule has 0 amide bonds. The maximum Gasteiger partial charge on any atom is 0.161 e. The van der Waals surface area contributed by atoms with Gasteiger partial charge >= 0.3 is 0 Å². The Kier molecular flexibility index (Phi) is 5.63. The third-order valence-electron chi connectivity index (χ3n) is 3.50. The number of methoxy groups -OCH3 is 2. The van der Waals surface area contributed by atoms with Crippen molar-refractivity contribution in [1.29, 1.82) is 0 Å². The van der Waals surface area contributed by atoms with Gasteiger partial charge in [-0.1, -0.05) is 23.7 Å². The summed E-state index contributed by atoms with van der Waals surface area (Å²) < 4.78 is 23.7. The van der Waals surface area contributed by atoms with Crippen LogP contribution in [0.4, 0.5) is 4.39 Å². The van der Waals surface area contributed by atoms with E-state index < -0.39 is 5.82 Å². The van der Waals surface area contributed by atoms with Crippen LogP contribution in [-0.4, -0.2) is 14.2 Å². The first-order valence-electron chi connectivity index (χ1n) is 6.94. The Labute approximate surface area is 135 Å². The van der Waals surface area contributed by atoms with Crippen molar-refractivity contribution in [2.45, 2.75) is 19.5 Å². The average Bonchev–Trinajstić information content (AvgIpc) is 2.54. The summed E-state index contributed by atoms with van der Waals surface area (Å²) in [5.41, 5.74) is 2.00. The molecule has 0 saturated heterocycles. The first kappa shape index (κ1) is 16.6. The number of benzene rings is 2. The number of ether oxygens (including phenoxy) is 2. The fourth-order valence-electron chi connectivity index (χ4n) is 2.16. The highest BCUT2D eigenvalue weighted by atomic mass is 35.5. The molecule has 0 radical (unpaired) electrons. The quantitative estimate of drug-likeness (QED) is 0.857. The number of nitrogens with one attached hydrogen (secondary N) is 1. The molecule has 2 rings (SSSR count). The van der Waals surface area contributed by atoms with Crippen LogP contribution < -0.4 is 14.8 Å². The molecule has 0 aliphatic carbocycles. The Balaban J connectivity index is 2.05. The van der Waals surface area contributed by atoms with Crippen LogP contribution in [0, 0.1) is 5.82 Å². The van der Waals surface area contributed by atoms with Gasteiger partial charge in [0.25, 0.3) is 0 Å². The molecule has 118 valence electrons. The normalized spacial score (nSPS) is 12.0. The van der Waals surface area contributed by atoms with E-state index in [1.54, 1.807) is 26.4 Å². The average molecular weight is 324 g/mol. The van der Waals surface area contributed by atoms with Crippen molar-refractivity contribution < 1.29 is 13.9 Å². The molecule has 0 aliphatic heterocycles. The minimum absolute atomic E-state index is 0.101. The predicted molar refractivity (Wildman–Crippen MR) is 86.2 cm³/mol. The summed E-state index contributed by atoms with van der Waals surface area (Å²) in [6.07, 6.45) is 0. The number of halogens is 2. The van der Waals surface area contributed by atoms with Crippen LogP contribution in [0.1, 0.15) is 24.1 Å². The molecular formula is C17H19ClFNO2. The minimum Gasteiger partial charge on any atom is -0.493 e. The molecule has 1 atom stereocenters. The van der Waals surface area contributed by atoms with Gasteiger partial charge in [0.15, 0.2) is 11.5 Å². The molecule has 0 fully saturated rings. The van der Waals surface area contributed by atoms with Gasteiger partial charge in [-0.3, -0.25) is 0 Å². The van der Waals surface area contributed by atoms with Crippen molar-refractivity contribution in [3.63, 3.8) is 0 Å². The Bertz CT molecular complexity index is 649. The maximum atomic E-state index is 13.1. The minimum atomic E-state index is -0.404. The summed E-state index contributed by atoms with van der Waals surface area (Å²) in [5, 5.41) is 3.51. The summed E-state index contributed by atoms with van der Waals surface area (Å²) >= 11 is 5.79. The smallest absolute Gasteiger partial charge is 0.161 e. The van der Waals surface area contributed by atoms with E-state index in [4.69, 9.17) is 21.1 Å². The second-order valence-electron chi connectivity index (χ2n) is 4.97.